The number of carboxylic acid groups (broad SMARTS) is 1. The number of urea groups is 1. The van der Waals surface area contributed by atoms with Crippen LogP contribution in [0.2, 0.25) is 0 Å². The van der Waals surface area contributed by atoms with Gasteiger partial charge in [0, 0.05) is 42.4 Å². The van der Waals surface area contributed by atoms with Crippen molar-refractivity contribution in [1.29, 1.82) is 0 Å². The van der Waals surface area contributed by atoms with Crippen molar-refractivity contribution in [2.45, 2.75) is 122 Å². The summed E-state index contributed by atoms with van der Waals surface area (Å²) < 4.78 is 5.38. The minimum atomic E-state index is -0.814. The van der Waals surface area contributed by atoms with E-state index in [2.05, 4.69) is 61.9 Å². The van der Waals surface area contributed by atoms with E-state index >= 15 is 0 Å². The summed E-state index contributed by atoms with van der Waals surface area (Å²) in [6.45, 7) is 10.4. The number of amides is 5. The van der Waals surface area contributed by atoms with Crippen LogP contribution in [0.1, 0.15) is 98.8 Å². The maximum atomic E-state index is 12.8. The molecule has 2 heterocycles. The Morgan fingerprint density at radius 2 is 1.71 bits per heavy atom. The van der Waals surface area contributed by atoms with E-state index in [0.29, 0.717) is 37.3 Å². The van der Waals surface area contributed by atoms with Gasteiger partial charge in [0.25, 0.3) is 0 Å². The molecule has 2 fully saturated rings. The molecule has 0 spiro atoms. The van der Waals surface area contributed by atoms with E-state index in [-0.39, 0.29) is 42.2 Å². The van der Waals surface area contributed by atoms with Crippen molar-refractivity contribution >= 4 is 53.4 Å². The van der Waals surface area contributed by atoms with Gasteiger partial charge in [0.2, 0.25) is 11.8 Å². The van der Waals surface area contributed by atoms with E-state index in [0.717, 1.165) is 49.2 Å². The Hall–Kier alpha value is -2.93. The molecule has 3 unspecified atom stereocenters. The number of rotatable bonds is 22. The summed E-state index contributed by atoms with van der Waals surface area (Å²) >= 11 is 3.28. The number of imide groups is 1. The average Bonchev–Trinajstić information content (AvgIpc) is 3.55. The van der Waals surface area contributed by atoms with E-state index in [9.17, 15) is 24.0 Å². The molecule has 48 heavy (non-hydrogen) atoms. The van der Waals surface area contributed by atoms with Crippen molar-refractivity contribution in [3.63, 3.8) is 0 Å². The zero-order chi connectivity index (χ0) is 35.5. The van der Waals surface area contributed by atoms with Gasteiger partial charge in [-0.15, -0.1) is 0 Å². The van der Waals surface area contributed by atoms with Crippen molar-refractivity contribution in [2.75, 3.05) is 30.4 Å². The standard InChI is InChI=1S/C35H56N4O7S2/c1-24(2)12-10-13-25(3)14-11-15-26(4)18-21-47-22-28(37-27(5)40)33(43)36-19-8-9-20-46-35(45)39-29-23-48-30(32(29)38-34(39)44)16-6-7-17-31(41)42/h12,14,18,28-30,32H,6-11,13,15-17,19-23H2,1-5H3,(H,36,43)(H,37,40)(H,38,44)(H,41,42)/b25-14+,26-18+/t28-,29?,30?,32?/m1/s1. The van der Waals surface area contributed by atoms with Crippen LogP contribution in [0, 0.1) is 0 Å². The number of carbonyl (C=O) groups is 5. The number of hydrogen-bond donors (Lipinski definition) is 4. The zero-order valence-electron chi connectivity index (χ0n) is 29.3. The lowest BCUT2D eigenvalue weighted by Gasteiger charge is -2.20. The minimum absolute atomic E-state index is 0.115. The molecule has 0 saturated carbocycles. The van der Waals surface area contributed by atoms with Gasteiger partial charge in [0.05, 0.1) is 18.7 Å². The molecule has 0 bridgehead atoms. The third-order valence-corrected chi connectivity index (χ3v) is 10.7. The van der Waals surface area contributed by atoms with Crippen molar-refractivity contribution < 1.29 is 33.8 Å². The van der Waals surface area contributed by atoms with E-state index in [1.807, 2.05) is 0 Å². The molecule has 0 aliphatic carbocycles. The quantitative estimate of drug-likeness (QED) is 0.0585. The first-order chi connectivity index (χ1) is 22.9. The molecule has 5 amide bonds. The Labute approximate surface area is 294 Å². The van der Waals surface area contributed by atoms with Crippen LogP contribution in [-0.2, 0) is 19.1 Å². The van der Waals surface area contributed by atoms with Crippen LogP contribution in [0.3, 0.4) is 0 Å². The molecule has 0 aromatic heterocycles. The Kier molecular flexibility index (Phi) is 19.5. The highest BCUT2D eigenvalue weighted by atomic mass is 32.2. The molecule has 2 rings (SSSR count). The summed E-state index contributed by atoms with van der Waals surface area (Å²) in [6.07, 6.45) is 13.6. The summed E-state index contributed by atoms with van der Waals surface area (Å²) in [5, 5.41) is 17.5. The number of fused-ring (bicyclic) bond motifs is 1. The lowest BCUT2D eigenvalue weighted by atomic mass is 10.0. The molecule has 2 saturated heterocycles. The highest BCUT2D eigenvalue weighted by molar-refractivity contribution is 8.00. The van der Waals surface area contributed by atoms with E-state index in [4.69, 9.17) is 9.84 Å². The monoisotopic (exact) mass is 708 g/mol. The molecule has 2 aliphatic rings. The van der Waals surface area contributed by atoms with Crippen LogP contribution < -0.4 is 16.0 Å². The molecule has 0 aromatic rings. The van der Waals surface area contributed by atoms with Crippen molar-refractivity contribution in [1.82, 2.24) is 20.9 Å². The number of hydrogen-bond acceptors (Lipinski definition) is 8. The van der Waals surface area contributed by atoms with Crippen LogP contribution in [0.15, 0.2) is 34.9 Å². The van der Waals surface area contributed by atoms with Crippen LogP contribution >= 0.6 is 23.5 Å². The summed E-state index contributed by atoms with van der Waals surface area (Å²) in [4.78, 5) is 61.7. The molecule has 4 atom stereocenters. The van der Waals surface area contributed by atoms with Gasteiger partial charge >= 0.3 is 18.1 Å². The van der Waals surface area contributed by atoms with Gasteiger partial charge in [-0.25, -0.2) is 14.5 Å². The number of aliphatic carboxylic acids is 1. The average molecular weight is 709 g/mol. The summed E-state index contributed by atoms with van der Waals surface area (Å²) in [7, 11) is 0. The first kappa shape index (κ1) is 41.2. The van der Waals surface area contributed by atoms with Crippen molar-refractivity contribution in [3.8, 4) is 0 Å². The first-order valence-electron chi connectivity index (χ1n) is 17.1. The Morgan fingerprint density at radius 1 is 1.00 bits per heavy atom. The van der Waals surface area contributed by atoms with Crippen LogP contribution in [0.4, 0.5) is 9.59 Å². The van der Waals surface area contributed by atoms with Gasteiger partial charge in [0.1, 0.15) is 6.04 Å². The Bertz CT molecular complexity index is 1190. The number of carboxylic acids is 1. The normalized spacial score (nSPS) is 19.7. The molecule has 13 heteroatoms. The van der Waals surface area contributed by atoms with Gasteiger partial charge in [-0.2, -0.15) is 23.5 Å². The lowest BCUT2D eigenvalue weighted by Crippen LogP contribution is -2.47. The summed E-state index contributed by atoms with van der Waals surface area (Å²) in [5.41, 5.74) is 4.07. The molecule has 2 aliphatic heterocycles. The predicted octanol–water partition coefficient (Wildman–Crippen LogP) is 6.20. The Morgan fingerprint density at radius 3 is 2.40 bits per heavy atom. The third kappa shape index (κ3) is 16.0. The zero-order valence-corrected chi connectivity index (χ0v) is 30.9. The summed E-state index contributed by atoms with van der Waals surface area (Å²) in [6, 6.07) is -1.54. The molecule has 0 radical (unpaired) electrons. The van der Waals surface area contributed by atoms with E-state index in [1.165, 1.54) is 23.6 Å². The molecule has 0 aromatic carbocycles. The number of allylic oxidation sites excluding steroid dienone is 5. The summed E-state index contributed by atoms with van der Waals surface area (Å²) in [5.74, 6) is 0.502. The number of nitrogens with one attached hydrogen (secondary N) is 3. The highest BCUT2D eigenvalue weighted by Gasteiger charge is 2.50. The van der Waals surface area contributed by atoms with Gasteiger partial charge in [-0.1, -0.05) is 41.4 Å². The van der Waals surface area contributed by atoms with E-state index in [1.54, 1.807) is 23.5 Å². The van der Waals surface area contributed by atoms with Crippen LogP contribution in [-0.4, -0.2) is 93.7 Å². The first-order valence-corrected chi connectivity index (χ1v) is 19.3. The van der Waals surface area contributed by atoms with Gasteiger partial charge < -0.3 is 25.8 Å². The number of nitrogens with zero attached hydrogens (tertiary/aromatic N) is 1. The number of thioether (sulfide) groups is 2. The fourth-order valence-corrected chi connectivity index (χ4v) is 8.11. The molecule has 270 valence electrons. The van der Waals surface area contributed by atoms with Gasteiger partial charge in [0.15, 0.2) is 0 Å². The lowest BCUT2D eigenvalue weighted by molar-refractivity contribution is -0.137. The molecular formula is C35H56N4O7S2. The largest absolute Gasteiger partial charge is 0.481 e. The SMILES string of the molecule is CC(=O)N[C@H](CSC/C=C(\C)CC/C=C(\C)CCC=C(C)C)C(=O)NCCCCOC(=O)N1C(=O)NC2C(CCCCC(=O)O)SCC21. The molecular weight excluding hydrogens is 653 g/mol. The third-order valence-electron chi connectivity index (χ3n) is 8.21. The molecule has 4 N–H and O–H groups in total. The van der Waals surface area contributed by atoms with E-state index < -0.39 is 24.1 Å². The van der Waals surface area contributed by atoms with Crippen molar-refractivity contribution in [2.24, 2.45) is 0 Å². The number of unbranched alkanes of at least 4 members (excludes halogenated alkanes) is 2. The minimum Gasteiger partial charge on any atom is -0.481 e. The highest BCUT2D eigenvalue weighted by Crippen LogP contribution is 2.37. The predicted molar refractivity (Wildman–Crippen MR) is 194 cm³/mol. The number of carbonyl (C=O) groups excluding carboxylic acids is 4. The molecule has 11 nitrogen and oxygen atoms in total. The maximum absolute atomic E-state index is 12.8. The van der Waals surface area contributed by atoms with Gasteiger partial charge in [-0.05, 0) is 79.1 Å². The smallest absolute Gasteiger partial charge is 0.418 e. The second kappa shape index (κ2) is 22.7. The number of ether oxygens (including phenoxy) is 1. The van der Waals surface area contributed by atoms with Crippen LogP contribution in [0.5, 0.6) is 0 Å². The fourth-order valence-electron chi connectivity index (χ4n) is 5.51. The van der Waals surface area contributed by atoms with Gasteiger partial charge in [-0.3, -0.25) is 14.4 Å². The van der Waals surface area contributed by atoms with Crippen molar-refractivity contribution in [3.05, 3.63) is 34.9 Å². The topological polar surface area (TPSA) is 154 Å². The second-order valence-corrected chi connectivity index (χ2v) is 15.1. The fraction of sp³-hybridized carbons (Fsp3) is 0.686. The maximum Gasteiger partial charge on any atom is 0.418 e. The Balaban J connectivity index is 1.64. The van der Waals surface area contributed by atoms with Crippen LogP contribution in [0.25, 0.3) is 0 Å². The second-order valence-electron chi connectivity index (χ2n) is 12.8.